The summed E-state index contributed by atoms with van der Waals surface area (Å²) < 4.78 is 0. The number of nitrogens with zero attached hydrogens (tertiary/aromatic N) is 1. The first-order valence-electron chi connectivity index (χ1n) is 6.15. The van der Waals surface area contributed by atoms with Crippen molar-refractivity contribution in [1.82, 2.24) is 10.2 Å². The van der Waals surface area contributed by atoms with Gasteiger partial charge in [0.1, 0.15) is 12.1 Å². The molecule has 4 nitrogen and oxygen atoms in total. The largest absolute Gasteiger partial charge is 0.343 e. The second kappa shape index (κ2) is 5.32. The standard InChI is InChI=1S/C12H22N2O2/c1-5-7-8(3)14-9(4)11(15)13-10(6-2)12(14)16/h8-10H,5-7H2,1-4H3,(H,13,15). The van der Waals surface area contributed by atoms with Crippen molar-refractivity contribution < 1.29 is 9.59 Å². The van der Waals surface area contributed by atoms with E-state index in [4.69, 9.17) is 0 Å². The molecule has 1 saturated heterocycles. The predicted octanol–water partition coefficient (Wildman–Crippen LogP) is 1.30. The molecule has 16 heavy (non-hydrogen) atoms. The number of nitrogens with one attached hydrogen (secondary N) is 1. The third kappa shape index (κ3) is 2.36. The van der Waals surface area contributed by atoms with Crippen molar-refractivity contribution in [2.45, 2.75) is 65.1 Å². The number of amides is 2. The number of rotatable bonds is 4. The second-order valence-corrected chi connectivity index (χ2v) is 4.53. The zero-order chi connectivity index (χ0) is 12.3. The molecule has 0 aromatic rings. The van der Waals surface area contributed by atoms with Crippen LogP contribution in [0.3, 0.4) is 0 Å². The SMILES string of the molecule is CCCC(C)N1C(=O)C(CC)NC(=O)C1C. The lowest BCUT2D eigenvalue weighted by atomic mass is 10.0. The van der Waals surface area contributed by atoms with Gasteiger partial charge in [0.15, 0.2) is 0 Å². The summed E-state index contributed by atoms with van der Waals surface area (Å²) >= 11 is 0. The number of hydrogen-bond donors (Lipinski definition) is 1. The summed E-state index contributed by atoms with van der Waals surface area (Å²) in [5.41, 5.74) is 0. The highest BCUT2D eigenvalue weighted by Crippen LogP contribution is 2.17. The van der Waals surface area contributed by atoms with Gasteiger partial charge in [0.2, 0.25) is 11.8 Å². The zero-order valence-corrected chi connectivity index (χ0v) is 10.6. The summed E-state index contributed by atoms with van der Waals surface area (Å²) in [4.78, 5) is 25.6. The molecule has 2 amide bonds. The van der Waals surface area contributed by atoms with E-state index in [-0.39, 0.29) is 29.9 Å². The van der Waals surface area contributed by atoms with Gasteiger partial charge < -0.3 is 10.2 Å². The molecule has 1 heterocycles. The lowest BCUT2D eigenvalue weighted by Gasteiger charge is -2.40. The molecule has 0 saturated carbocycles. The van der Waals surface area contributed by atoms with Gasteiger partial charge in [-0.2, -0.15) is 0 Å². The first-order chi connectivity index (χ1) is 7.52. The van der Waals surface area contributed by atoms with Gasteiger partial charge >= 0.3 is 0 Å². The topological polar surface area (TPSA) is 49.4 Å². The Balaban J connectivity index is 2.85. The summed E-state index contributed by atoms with van der Waals surface area (Å²) in [6.45, 7) is 7.82. The Morgan fingerprint density at radius 3 is 2.50 bits per heavy atom. The third-order valence-electron chi connectivity index (χ3n) is 3.26. The number of carbonyl (C=O) groups is 2. The van der Waals surface area contributed by atoms with Gasteiger partial charge in [-0.25, -0.2) is 0 Å². The van der Waals surface area contributed by atoms with E-state index in [1.807, 2.05) is 13.8 Å². The molecule has 1 fully saturated rings. The van der Waals surface area contributed by atoms with Crippen LogP contribution >= 0.6 is 0 Å². The fourth-order valence-electron chi connectivity index (χ4n) is 2.28. The van der Waals surface area contributed by atoms with E-state index >= 15 is 0 Å². The first-order valence-corrected chi connectivity index (χ1v) is 6.15. The monoisotopic (exact) mass is 226 g/mol. The molecule has 1 aliphatic rings. The van der Waals surface area contributed by atoms with E-state index in [9.17, 15) is 9.59 Å². The molecule has 0 spiro atoms. The van der Waals surface area contributed by atoms with Gasteiger partial charge in [-0.15, -0.1) is 0 Å². The van der Waals surface area contributed by atoms with Gasteiger partial charge in [0.25, 0.3) is 0 Å². The Morgan fingerprint density at radius 1 is 1.38 bits per heavy atom. The van der Waals surface area contributed by atoms with Crippen molar-refractivity contribution in [3.05, 3.63) is 0 Å². The van der Waals surface area contributed by atoms with E-state index in [1.54, 1.807) is 11.8 Å². The van der Waals surface area contributed by atoms with Crippen molar-refractivity contribution in [3.8, 4) is 0 Å². The molecule has 1 N–H and O–H groups in total. The van der Waals surface area contributed by atoms with Gasteiger partial charge in [0, 0.05) is 6.04 Å². The van der Waals surface area contributed by atoms with Crippen LogP contribution in [0.2, 0.25) is 0 Å². The number of carbonyl (C=O) groups excluding carboxylic acids is 2. The molecule has 3 atom stereocenters. The molecule has 92 valence electrons. The molecule has 0 bridgehead atoms. The van der Waals surface area contributed by atoms with Crippen molar-refractivity contribution in [2.75, 3.05) is 0 Å². The van der Waals surface area contributed by atoms with Crippen LogP contribution < -0.4 is 5.32 Å². The second-order valence-electron chi connectivity index (χ2n) is 4.53. The Hall–Kier alpha value is -1.06. The fraction of sp³-hybridized carbons (Fsp3) is 0.833. The van der Waals surface area contributed by atoms with E-state index in [0.717, 1.165) is 12.8 Å². The number of piperazine rings is 1. The maximum absolute atomic E-state index is 12.1. The van der Waals surface area contributed by atoms with Crippen LogP contribution in [-0.2, 0) is 9.59 Å². The molecule has 0 aromatic carbocycles. The average molecular weight is 226 g/mol. The minimum absolute atomic E-state index is 0.0330. The molecule has 0 radical (unpaired) electrons. The Kier molecular flexibility index (Phi) is 4.33. The van der Waals surface area contributed by atoms with Crippen LogP contribution in [0.15, 0.2) is 0 Å². The Labute approximate surface area is 97.4 Å². The summed E-state index contributed by atoms with van der Waals surface area (Å²) in [6.07, 6.45) is 2.63. The first kappa shape index (κ1) is 13.0. The Morgan fingerprint density at radius 2 is 2.00 bits per heavy atom. The Bertz CT molecular complexity index is 278. The minimum atomic E-state index is -0.336. The van der Waals surface area contributed by atoms with Crippen LogP contribution in [0.1, 0.15) is 47.0 Å². The zero-order valence-electron chi connectivity index (χ0n) is 10.6. The van der Waals surface area contributed by atoms with Gasteiger partial charge in [-0.1, -0.05) is 20.3 Å². The maximum atomic E-state index is 12.1. The molecular formula is C12H22N2O2. The van der Waals surface area contributed by atoms with E-state index < -0.39 is 0 Å². The maximum Gasteiger partial charge on any atom is 0.246 e. The molecule has 1 rings (SSSR count). The van der Waals surface area contributed by atoms with Crippen LogP contribution in [0, 0.1) is 0 Å². The molecule has 0 aliphatic carbocycles. The summed E-state index contributed by atoms with van der Waals surface area (Å²) in [6, 6.07) is -0.521. The van der Waals surface area contributed by atoms with Gasteiger partial charge in [-0.3, -0.25) is 9.59 Å². The molecule has 0 aromatic heterocycles. The highest BCUT2D eigenvalue weighted by molar-refractivity contribution is 5.96. The quantitative estimate of drug-likeness (QED) is 0.785. The van der Waals surface area contributed by atoms with Gasteiger partial charge in [-0.05, 0) is 26.7 Å². The van der Waals surface area contributed by atoms with Gasteiger partial charge in [0.05, 0.1) is 0 Å². The molecule has 4 heteroatoms. The van der Waals surface area contributed by atoms with Crippen LogP contribution in [0.5, 0.6) is 0 Å². The van der Waals surface area contributed by atoms with Crippen LogP contribution in [0.25, 0.3) is 0 Å². The van der Waals surface area contributed by atoms with Crippen molar-refractivity contribution in [1.29, 1.82) is 0 Å². The van der Waals surface area contributed by atoms with Crippen LogP contribution in [-0.4, -0.2) is 34.8 Å². The highest BCUT2D eigenvalue weighted by atomic mass is 16.2. The lowest BCUT2D eigenvalue weighted by Crippen LogP contribution is -2.64. The smallest absolute Gasteiger partial charge is 0.246 e. The summed E-state index contributed by atoms with van der Waals surface area (Å²) in [7, 11) is 0. The van der Waals surface area contributed by atoms with Crippen molar-refractivity contribution >= 4 is 11.8 Å². The minimum Gasteiger partial charge on any atom is -0.343 e. The summed E-state index contributed by atoms with van der Waals surface area (Å²) in [5, 5.41) is 2.76. The number of hydrogen-bond acceptors (Lipinski definition) is 2. The lowest BCUT2D eigenvalue weighted by molar-refractivity contribution is -0.151. The molecular weight excluding hydrogens is 204 g/mol. The van der Waals surface area contributed by atoms with E-state index in [2.05, 4.69) is 12.2 Å². The fourth-order valence-corrected chi connectivity index (χ4v) is 2.28. The normalized spacial score (nSPS) is 27.9. The van der Waals surface area contributed by atoms with E-state index in [1.165, 1.54) is 0 Å². The van der Waals surface area contributed by atoms with E-state index in [0.29, 0.717) is 6.42 Å². The summed E-state index contributed by atoms with van der Waals surface area (Å²) in [5.74, 6) is 0.0324. The molecule has 3 unspecified atom stereocenters. The van der Waals surface area contributed by atoms with Crippen LogP contribution in [0.4, 0.5) is 0 Å². The molecule has 1 aliphatic heterocycles. The average Bonchev–Trinajstić information content (AvgIpc) is 2.24. The predicted molar refractivity (Wildman–Crippen MR) is 62.9 cm³/mol. The third-order valence-corrected chi connectivity index (χ3v) is 3.26. The van der Waals surface area contributed by atoms with Crippen molar-refractivity contribution in [3.63, 3.8) is 0 Å². The van der Waals surface area contributed by atoms with Crippen molar-refractivity contribution in [2.24, 2.45) is 0 Å². The highest BCUT2D eigenvalue weighted by Gasteiger charge is 2.39.